The maximum absolute atomic E-state index is 9.59. The van der Waals surface area contributed by atoms with Crippen LogP contribution in [-0.4, -0.2) is 5.11 Å². The first kappa shape index (κ1) is 13.2. The maximum atomic E-state index is 9.59. The molecule has 2 rings (SSSR count). The Balaban J connectivity index is 1.77. The SMILES string of the molecule is C=C(Cc1ccccc1)ONCc1ccccc1O. The highest BCUT2D eigenvalue weighted by Crippen LogP contribution is 2.15. The monoisotopic (exact) mass is 255 g/mol. The Labute approximate surface area is 113 Å². The van der Waals surface area contributed by atoms with Crippen molar-refractivity contribution < 1.29 is 9.94 Å². The average Bonchev–Trinajstić information content (AvgIpc) is 2.42. The zero-order valence-corrected chi connectivity index (χ0v) is 10.7. The third-order valence-corrected chi connectivity index (χ3v) is 2.71. The van der Waals surface area contributed by atoms with Crippen LogP contribution in [0.25, 0.3) is 0 Å². The number of hydroxylamine groups is 1. The van der Waals surface area contributed by atoms with Crippen LogP contribution in [0.5, 0.6) is 5.75 Å². The molecule has 0 radical (unpaired) electrons. The van der Waals surface area contributed by atoms with Gasteiger partial charge in [0, 0.05) is 12.0 Å². The molecule has 0 aromatic heterocycles. The molecule has 0 amide bonds. The molecule has 19 heavy (non-hydrogen) atoms. The average molecular weight is 255 g/mol. The zero-order chi connectivity index (χ0) is 13.5. The predicted octanol–water partition coefficient (Wildman–Crippen LogP) is 3.17. The van der Waals surface area contributed by atoms with Crippen LogP contribution in [0.2, 0.25) is 0 Å². The summed E-state index contributed by atoms with van der Waals surface area (Å²) < 4.78 is 0. The first-order valence-corrected chi connectivity index (χ1v) is 6.14. The summed E-state index contributed by atoms with van der Waals surface area (Å²) in [6, 6.07) is 17.1. The normalized spacial score (nSPS) is 10.1. The molecule has 0 aliphatic carbocycles. The molecule has 98 valence electrons. The third kappa shape index (κ3) is 4.16. The fraction of sp³-hybridized carbons (Fsp3) is 0.125. The van der Waals surface area contributed by atoms with Crippen molar-refractivity contribution in [2.24, 2.45) is 0 Å². The summed E-state index contributed by atoms with van der Waals surface area (Å²) in [7, 11) is 0. The van der Waals surface area contributed by atoms with Crippen molar-refractivity contribution in [1.82, 2.24) is 5.48 Å². The predicted molar refractivity (Wildman–Crippen MR) is 75.3 cm³/mol. The summed E-state index contributed by atoms with van der Waals surface area (Å²) in [6.07, 6.45) is 0.661. The standard InChI is InChI=1S/C16H17NO2/c1-13(11-14-7-3-2-4-8-14)19-17-12-15-9-5-6-10-16(15)18/h2-10,17-18H,1,11-12H2. The van der Waals surface area contributed by atoms with E-state index in [4.69, 9.17) is 4.84 Å². The summed E-state index contributed by atoms with van der Waals surface area (Å²) in [5.41, 5.74) is 4.74. The molecule has 3 heteroatoms. The Morgan fingerprint density at radius 1 is 1.05 bits per heavy atom. The lowest BCUT2D eigenvalue weighted by molar-refractivity contribution is 0.0968. The van der Waals surface area contributed by atoms with Crippen molar-refractivity contribution in [3.8, 4) is 5.75 Å². The van der Waals surface area contributed by atoms with Gasteiger partial charge in [-0.15, -0.1) is 0 Å². The highest BCUT2D eigenvalue weighted by Gasteiger charge is 2.01. The van der Waals surface area contributed by atoms with E-state index in [1.54, 1.807) is 12.1 Å². The summed E-state index contributed by atoms with van der Waals surface area (Å²) in [4.78, 5) is 5.35. The Kier molecular flexibility index (Phi) is 4.59. The van der Waals surface area contributed by atoms with Gasteiger partial charge in [0.15, 0.2) is 0 Å². The lowest BCUT2D eigenvalue weighted by Gasteiger charge is -2.10. The number of allylic oxidation sites excluding steroid dienone is 1. The summed E-state index contributed by atoms with van der Waals surface area (Å²) in [6.45, 7) is 4.29. The van der Waals surface area contributed by atoms with Gasteiger partial charge in [0.1, 0.15) is 11.5 Å². The molecule has 2 aromatic carbocycles. The van der Waals surface area contributed by atoms with Gasteiger partial charge in [-0.1, -0.05) is 55.1 Å². The molecular weight excluding hydrogens is 238 g/mol. The van der Waals surface area contributed by atoms with Gasteiger partial charge < -0.3 is 9.94 Å². The molecule has 0 fully saturated rings. The Hall–Kier alpha value is -2.26. The molecule has 0 aliphatic rings. The fourth-order valence-corrected chi connectivity index (χ4v) is 1.74. The topological polar surface area (TPSA) is 41.5 Å². The second kappa shape index (κ2) is 6.61. The van der Waals surface area contributed by atoms with Crippen molar-refractivity contribution in [3.05, 3.63) is 78.1 Å². The minimum absolute atomic E-state index is 0.257. The molecule has 2 aromatic rings. The lowest BCUT2D eigenvalue weighted by atomic mass is 10.1. The number of rotatable bonds is 6. The van der Waals surface area contributed by atoms with Crippen LogP contribution in [0.1, 0.15) is 11.1 Å². The smallest absolute Gasteiger partial charge is 0.121 e. The molecule has 0 saturated carbocycles. The molecular formula is C16H17NO2. The van der Waals surface area contributed by atoms with E-state index in [2.05, 4.69) is 12.1 Å². The van der Waals surface area contributed by atoms with E-state index in [0.29, 0.717) is 18.7 Å². The lowest BCUT2D eigenvalue weighted by Crippen LogP contribution is -2.14. The van der Waals surface area contributed by atoms with Crippen LogP contribution in [0.3, 0.4) is 0 Å². The fourth-order valence-electron chi connectivity index (χ4n) is 1.74. The summed E-state index contributed by atoms with van der Waals surface area (Å²) >= 11 is 0. The van der Waals surface area contributed by atoms with Gasteiger partial charge in [0.2, 0.25) is 0 Å². The van der Waals surface area contributed by atoms with Gasteiger partial charge in [-0.25, -0.2) is 0 Å². The second-order valence-electron chi connectivity index (χ2n) is 4.25. The zero-order valence-electron chi connectivity index (χ0n) is 10.7. The van der Waals surface area contributed by atoms with Crippen LogP contribution in [0, 0.1) is 0 Å². The Morgan fingerprint density at radius 3 is 2.47 bits per heavy atom. The number of hydrogen-bond donors (Lipinski definition) is 2. The van der Waals surface area contributed by atoms with Crippen molar-refractivity contribution in [1.29, 1.82) is 0 Å². The third-order valence-electron chi connectivity index (χ3n) is 2.71. The molecule has 0 unspecified atom stereocenters. The minimum Gasteiger partial charge on any atom is -0.508 e. The maximum Gasteiger partial charge on any atom is 0.121 e. The number of phenolic OH excluding ortho intramolecular Hbond substituents is 1. The van der Waals surface area contributed by atoms with Crippen molar-refractivity contribution in [3.63, 3.8) is 0 Å². The minimum atomic E-state index is 0.257. The number of aromatic hydroxyl groups is 1. The molecule has 2 N–H and O–H groups in total. The molecule has 0 saturated heterocycles. The van der Waals surface area contributed by atoms with Crippen molar-refractivity contribution in [2.75, 3.05) is 0 Å². The highest BCUT2D eigenvalue weighted by molar-refractivity contribution is 5.31. The number of nitrogens with one attached hydrogen (secondary N) is 1. The van der Waals surface area contributed by atoms with E-state index >= 15 is 0 Å². The van der Waals surface area contributed by atoms with E-state index in [-0.39, 0.29) is 5.75 Å². The van der Waals surface area contributed by atoms with Crippen LogP contribution < -0.4 is 5.48 Å². The summed E-state index contributed by atoms with van der Waals surface area (Å²) in [5, 5.41) is 9.59. The van der Waals surface area contributed by atoms with E-state index in [0.717, 1.165) is 11.1 Å². The molecule has 0 atom stereocenters. The largest absolute Gasteiger partial charge is 0.508 e. The van der Waals surface area contributed by atoms with Crippen LogP contribution in [0.4, 0.5) is 0 Å². The van der Waals surface area contributed by atoms with E-state index in [1.165, 1.54) is 0 Å². The van der Waals surface area contributed by atoms with Crippen LogP contribution in [0.15, 0.2) is 66.9 Å². The number of benzene rings is 2. The first-order valence-electron chi connectivity index (χ1n) is 6.14. The molecule has 0 heterocycles. The number of hydrogen-bond acceptors (Lipinski definition) is 3. The van der Waals surface area contributed by atoms with Gasteiger partial charge in [-0.3, -0.25) is 0 Å². The van der Waals surface area contributed by atoms with Crippen LogP contribution >= 0.6 is 0 Å². The van der Waals surface area contributed by atoms with Gasteiger partial charge in [-0.2, -0.15) is 5.48 Å². The van der Waals surface area contributed by atoms with E-state index in [1.807, 2.05) is 42.5 Å². The molecule has 3 nitrogen and oxygen atoms in total. The van der Waals surface area contributed by atoms with Gasteiger partial charge >= 0.3 is 0 Å². The van der Waals surface area contributed by atoms with E-state index < -0.39 is 0 Å². The van der Waals surface area contributed by atoms with Crippen molar-refractivity contribution in [2.45, 2.75) is 13.0 Å². The van der Waals surface area contributed by atoms with Gasteiger partial charge in [0.25, 0.3) is 0 Å². The van der Waals surface area contributed by atoms with E-state index in [9.17, 15) is 5.11 Å². The van der Waals surface area contributed by atoms with Crippen molar-refractivity contribution >= 4 is 0 Å². The highest BCUT2D eigenvalue weighted by atomic mass is 16.6. The Bertz CT molecular complexity index is 537. The van der Waals surface area contributed by atoms with Gasteiger partial charge in [-0.05, 0) is 11.6 Å². The quantitative estimate of drug-likeness (QED) is 0.615. The first-order chi connectivity index (χ1) is 9.25. The van der Waals surface area contributed by atoms with Crippen LogP contribution in [-0.2, 0) is 17.8 Å². The number of para-hydroxylation sites is 1. The molecule has 0 bridgehead atoms. The Morgan fingerprint density at radius 2 is 1.74 bits per heavy atom. The molecule has 0 spiro atoms. The molecule has 0 aliphatic heterocycles. The summed E-state index contributed by atoms with van der Waals surface area (Å²) in [5.74, 6) is 0.897. The number of phenols is 1. The second-order valence-corrected chi connectivity index (χ2v) is 4.25. The van der Waals surface area contributed by atoms with Gasteiger partial charge in [0.05, 0.1) is 6.54 Å².